The van der Waals surface area contributed by atoms with Gasteiger partial charge in [-0.3, -0.25) is 0 Å². The molecule has 0 heterocycles. The van der Waals surface area contributed by atoms with Gasteiger partial charge in [-0.15, -0.1) is 0 Å². The van der Waals surface area contributed by atoms with Crippen molar-refractivity contribution in [3.63, 3.8) is 0 Å². The van der Waals surface area contributed by atoms with Gasteiger partial charge in [-0.1, -0.05) is 84.5 Å². The molecule has 0 aromatic heterocycles. The molecule has 0 N–H and O–H groups in total. The Morgan fingerprint density at radius 2 is 0.833 bits per heavy atom. The first kappa shape index (κ1) is 23.8. The molecule has 0 radical (unpaired) electrons. The van der Waals surface area contributed by atoms with Gasteiger partial charge in [-0.05, 0) is 0 Å². The number of unbranched alkanes of at least 4 members (excludes halogenated alkanes) is 11. The fourth-order valence-corrected chi connectivity index (χ4v) is 1.66. The Morgan fingerprint density at radius 3 is 1.11 bits per heavy atom. The molecule has 0 amide bonds. The maximum absolute atomic E-state index is 3.85. The molecule has 18 heavy (non-hydrogen) atoms. The minimum absolute atomic E-state index is 0. The van der Waals surface area contributed by atoms with Gasteiger partial charge in [0.25, 0.3) is 0 Å². The first-order valence-corrected chi connectivity index (χ1v) is 7.91. The molecule has 0 rings (SSSR count). The summed E-state index contributed by atoms with van der Waals surface area (Å²) in [7, 11) is 0. The second-order valence-electron chi connectivity index (χ2n) is 4.89. The summed E-state index contributed by atoms with van der Waals surface area (Å²) in [5.74, 6) is 0. The van der Waals surface area contributed by atoms with E-state index in [-0.39, 0.29) is 21.7 Å². The van der Waals surface area contributed by atoms with Crippen molar-refractivity contribution in [1.29, 1.82) is 0 Å². The molecular formula is C17H36Ti. The Balaban J connectivity index is -0.000000392. The fourth-order valence-electron chi connectivity index (χ4n) is 1.66. The van der Waals surface area contributed by atoms with Crippen LogP contribution in [0.25, 0.3) is 0 Å². The largest absolute Gasteiger partial charge is 2.00 e. The molecule has 0 spiro atoms. The van der Waals surface area contributed by atoms with Crippen molar-refractivity contribution in [2.45, 2.75) is 97.3 Å². The molecule has 0 unspecified atom stereocenters. The summed E-state index contributed by atoms with van der Waals surface area (Å²) in [6.07, 6.45) is 17.6. The van der Waals surface area contributed by atoms with Crippen molar-refractivity contribution in [3.05, 3.63) is 13.8 Å². The van der Waals surface area contributed by atoms with Crippen molar-refractivity contribution in [2.24, 2.45) is 0 Å². The maximum atomic E-state index is 3.85. The molecule has 0 nitrogen and oxygen atoms in total. The summed E-state index contributed by atoms with van der Waals surface area (Å²) in [5, 5.41) is 0. The van der Waals surface area contributed by atoms with Crippen LogP contribution in [0.15, 0.2) is 0 Å². The summed E-state index contributed by atoms with van der Waals surface area (Å²) in [6.45, 7) is 11.9. The van der Waals surface area contributed by atoms with Gasteiger partial charge >= 0.3 is 21.7 Å². The Labute approximate surface area is 133 Å². The monoisotopic (exact) mass is 288 g/mol. The predicted molar refractivity (Wildman–Crippen MR) is 82.1 cm³/mol. The quantitative estimate of drug-likeness (QED) is 0.224. The van der Waals surface area contributed by atoms with Crippen LogP contribution >= 0.6 is 0 Å². The molecule has 0 aromatic rings. The van der Waals surface area contributed by atoms with Gasteiger partial charge in [0.2, 0.25) is 0 Å². The third-order valence-corrected chi connectivity index (χ3v) is 2.96. The van der Waals surface area contributed by atoms with Crippen LogP contribution in [0, 0.1) is 13.8 Å². The molecule has 1 heteroatoms. The van der Waals surface area contributed by atoms with Crippen molar-refractivity contribution >= 4 is 0 Å². The van der Waals surface area contributed by atoms with Gasteiger partial charge in [0, 0.05) is 0 Å². The van der Waals surface area contributed by atoms with E-state index in [0.717, 1.165) is 12.8 Å². The van der Waals surface area contributed by atoms with E-state index in [9.17, 15) is 0 Å². The first-order chi connectivity index (χ1) is 8.33. The summed E-state index contributed by atoms with van der Waals surface area (Å²) in [6, 6.07) is 0. The topological polar surface area (TPSA) is 0 Å². The van der Waals surface area contributed by atoms with Crippen molar-refractivity contribution in [2.75, 3.05) is 0 Å². The number of hydrogen-bond donors (Lipinski definition) is 0. The maximum Gasteiger partial charge on any atom is 2.00 e. The molecule has 0 aliphatic heterocycles. The molecule has 108 valence electrons. The van der Waals surface area contributed by atoms with Crippen LogP contribution < -0.4 is 0 Å². The first-order valence-electron chi connectivity index (χ1n) is 7.91. The van der Waals surface area contributed by atoms with E-state index in [1.54, 1.807) is 0 Å². The second-order valence-corrected chi connectivity index (χ2v) is 4.89. The minimum Gasteiger partial charge on any atom is -0.343 e. The van der Waals surface area contributed by atoms with Crippen LogP contribution in [0.1, 0.15) is 97.3 Å². The van der Waals surface area contributed by atoms with Crippen LogP contribution in [-0.4, -0.2) is 0 Å². The second kappa shape index (κ2) is 26.3. The van der Waals surface area contributed by atoms with E-state index in [0.29, 0.717) is 0 Å². The molecule has 0 saturated carbocycles. The summed E-state index contributed by atoms with van der Waals surface area (Å²) in [4.78, 5) is 0. The third-order valence-electron chi connectivity index (χ3n) is 2.96. The van der Waals surface area contributed by atoms with Gasteiger partial charge in [-0.25, -0.2) is 0 Å². The fraction of sp³-hybridized carbons (Fsp3) is 0.882. The summed E-state index contributed by atoms with van der Waals surface area (Å²) in [5.41, 5.74) is 0. The molecule has 0 aliphatic carbocycles. The van der Waals surface area contributed by atoms with E-state index in [4.69, 9.17) is 0 Å². The average Bonchev–Trinajstić information content (AvgIpc) is 2.37. The van der Waals surface area contributed by atoms with Crippen LogP contribution in [0.4, 0.5) is 0 Å². The minimum atomic E-state index is 0. The van der Waals surface area contributed by atoms with Crippen LogP contribution in [-0.2, 0) is 21.7 Å². The SMILES string of the molecule is [CH2-]CCC.[CH2-]CCCCCCCCCCCC.[Ti+2]. The summed E-state index contributed by atoms with van der Waals surface area (Å²) >= 11 is 0. The Hall–Kier alpha value is 0.714. The Kier molecular flexibility index (Phi) is 34.8. The van der Waals surface area contributed by atoms with Crippen LogP contribution in [0.5, 0.6) is 0 Å². The normalized spacial score (nSPS) is 9.33. The zero-order valence-electron chi connectivity index (χ0n) is 13.1. The summed E-state index contributed by atoms with van der Waals surface area (Å²) < 4.78 is 0. The molecule has 0 aliphatic rings. The Bertz CT molecular complexity index is 89.8. The zero-order chi connectivity index (χ0) is 13.2. The van der Waals surface area contributed by atoms with Gasteiger partial charge in [-0.2, -0.15) is 12.8 Å². The molecule has 0 aromatic carbocycles. The van der Waals surface area contributed by atoms with E-state index in [2.05, 4.69) is 27.7 Å². The van der Waals surface area contributed by atoms with Crippen molar-refractivity contribution in [3.8, 4) is 0 Å². The number of hydrogen-bond acceptors (Lipinski definition) is 0. The van der Waals surface area contributed by atoms with Gasteiger partial charge in [0.15, 0.2) is 0 Å². The van der Waals surface area contributed by atoms with E-state index in [1.165, 1.54) is 70.6 Å². The van der Waals surface area contributed by atoms with E-state index >= 15 is 0 Å². The van der Waals surface area contributed by atoms with Crippen molar-refractivity contribution < 1.29 is 21.7 Å². The molecule has 0 saturated heterocycles. The van der Waals surface area contributed by atoms with Crippen LogP contribution in [0.3, 0.4) is 0 Å². The van der Waals surface area contributed by atoms with E-state index < -0.39 is 0 Å². The third kappa shape index (κ3) is 30.1. The van der Waals surface area contributed by atoms with Gasteiger partial charge in [0.05, 0.1) is 0 Å². The average molecular weight is 288 g/mol. The molecule has 0 fully saturated rings. The van der Waals surface area contributed by atoms with Gasteiger partial charge in [0.1, 0.15) is 0 Å². The van der Waals surface area contributed by atoms with Gasteiger partial charge < -0.3 is 13.8 Å². The molecule has 0 atom stereocenters. The molecular weight excluding hydrogens is 252 g/mol. The molecule has 0 bridgehead atoms. The van der Waals surface area contributed by atoms with Crippen molar-refractivity contribution in [1.82, 2.24) is 0 Å². The Morgan fingerprint density at radius 1 is 0.500 bits per heavy atom. The van der Waals surface area contributed by atoms with Crippen LogP contribution in [0.2, 0.25) is 0 Å². The predicted octanol–water partition coefficient (Wildman–Crippen LogP) is 6.75. The van der Waals surface area contributed by atoms with E-state index in [1.807, 2.05) is 0 Å². The standard InChI is InChI=1S/C13H27.C4H9.Ti/c1-3-5-7-9-11-13-12-10-8-6-4-2;1-3-4-2;/h1,3-13H2,2H3;1,3-4H2,2H3;/q2*-1;+2. The zero-order valence-corrected chi connectivity index (χ0v) is 14.7. The number of rotatable bonds is 11. The smallest absolute Gasteiger partial charge is 0.343 e.